The monoisotopic (exact) mass is 263 g/mol. The molecule has 0 heterocycles. The van der Waals surface area contributed by atoms with Gasteiger partial charge < -0.3 is 10.0 Å². The SMILES string of the molecule is CCc1ccc(CC(CC(=O)N(C)C)C(=O)O)cc1. The zero-order chi connectivity index (χ0) is 14.4. The second-order valence-electron chi connectivity index (χ2n) is 4.90. The molecule has 0 aromatic heterocycles. The van der Waals surface area contributed by atoms with E-state index in [9.17, 15) is 14.7 Å². The summed E-state index contributed by atoms with van der Waals surface area (Å²) in [5, 5.41) is 9.20. The Bertz CT molecular complexity index is 437. The number of carboxylic acids is 1. The van der Waals surface area contributed by atoms with Crippen molar-refractivity contribution in [1.82, 2.24) is 4.90 Å². The van der Waals surface area contributed by atoms with Gasteiger partial charge in [0.05, 0.1) is 5.92 Å². The maximum atomic E-state index is 11.6. The van der Waals surface area contributed by atoms with Crippen LogP contribution in [0.15, 0.2) is 24.3 Å². The molecule has 1 rings (SSSR count). The fraction of sp³-hybridized carbons (Fsp3) is 0.467. The molecule has 0 saturated heterocycles. The van der Waals surface area contributed by atoms with E-state index in [2.05, 4.69) is 6.92 Å². The number of carbonyl (C=O) groups is 2. The van der Waals surface area contributed by atoms with Crippen LogP contribution in [0, 0.1) is 5.92 Å². The molecule has 0 aliphatic carbocycles. The number of benzene rings is 1. The molecule has 0 spiro atoms. The van der Waals surface area contributed by atoms with Crippen molar-refractivity contribution in [3.05, 3.63) is 35.4 Å². The predicted molar refractivity (Wildman–Crippen MR) is 74.0 cm³/mol. The number of carbonyl (C=O) groups excluding carboxylic acids is 1. The van der Waals surface area contributed by atoms with Crippen molar-refractivity contribution < 1.29 is 14.7 Å². The van der Waals surface area contributed by atoms with Gasteiger partial charge in [0.15, 0.2) is 0 Å². The number of nitrogens with zero attached hydrogens (tertiary/aromatic N) is 1. The van der Waals surface area contributed by atoms with Crippen molar-refractivity contribution in [3.63, 3.8) is 0 Å². The van der Waals surface area contributed by atoms with Gasteiger partial charge in [-0.05, 0) is 24.0 Å². The van der Waals surface area contributed by atoms with Crippen LogP contribution in [0.4, 0.5) is 0 Å². The largest absolute Gasteiger partial charge is 0.481 e. The van der Waals surface area contributed by atoms with Gasteiger partial charge in [0.1, 0.15) is 0 Å². The molecule has 1 aromatic carbocycles. The van der Waals surface area contributed by atoms with Gasteiger partial charge in [-0.25, -0.2) is 0 Å². The van der Waals surface area contributed by atoms with E-state index < -0.39 is 11.9 Å². The molecular weight excluding hydrogens is 242 g/mol. The first-order valence-corrected chi connectivity index (χ1v) is 6.44. The summed E-state index contributed by atoms with van der Waals surface area (Å²) in [6, 6.07) is 7.88. The normalized spacial score (nSPS) is 11.9. The quantitative estimate of drug-likeness (QED) is 0.853. The lowest BCUT2D eigenvalue weighted by atomic mass is 9.95. The first-order valence-electron chi connectivity index (χ1n) is 6.44. The number of hydrogen-bond acceptors (Lipinski definition) is 2. The molecule has 1 amide bonds. The molecule has 1 N–H and O–H groups in total. The Morgan fingerprint density at radius 1 is 1.16 bits per heavy atom. The maximum absolute atomic E-state index is 11.6. The van der Waals surface area contributed by atoms with Crippen molar-refractivity contribution in [2.75, 3.05) is 14.1 Å². The van der Waals surface area contributed by atoms with Crippen LogP contribution in [0.3, 0.4) is 0 Å². The topological polar surface area (TPSA) is 57.6 Å². The lowest BCUT2D eigenvalue weighted by Crippen LogP contribution is -2.28. The Morgan fingerprint density at radius 2 is 1.68 bits per heavy atom. The Morgan fingerprint density at radius 3 is 2.11 bits per heavy atom. The first-order chi connectivity index (χ1) is 8.93. The molecule has 4 nitrogen and oxygen atoms in total. The molecule has 19 heavy (non-hydrogen) atoms. The van der Waals surface area contributed by atoms with Crippen molar-refractivity contribution in [1.29, 1.82) is 0 Å². The highest BCUT2D eigenvalue weighted by molar-refractivity contribution is 5.82. The molecule has 1 atom stereocenters. The lowest BCUT2D eigenvalue weighted by Gasteiger charge is -2.15. The second kappa shape index (κ2) is 6.92. The van der Waals surface area contributed by atoms with E-state index >= 15 is 0 Å². The van der Waals surface area contributed by atoms with Crippen LogP contribution in [0.2, 0.25) is 0 Å². The molecule has 0 radical (unpaired) electrons. The Labute approximate surface area is 114 Å². The molecule has 0 saturated carbocycles. The number of rotatable bonds is 6. The Hall–Kier alpha value is -1.84. The third-order valence-corrected chi connectivity index (χ3v) is 3.18. The van der Waals surface area contributed by atoms with Crippen molar-refractivity contribution >= 4 is 11.9 Å². The van der Waals surface area contributed by atoms with Crippen LogP contribution < -0.4 is 0 Å². The summed E-state index contributed by atoms with van der Waals surface area (Å²) in [5.41, 5.74) is 2.18. The summed E-state index contributed by atoms with van der Waals surface area (Å²) in [6.45, 7) is 2.07. The fourth-order valence-electron chi connectivity index (χ4n) is 1.84. The van der Waals surface area contributed by atoms with E-state index in [1.165, 1.54) is 10.5 Å². The van der Waals surface area contributed by atoms with Gasteiger partial charge in [-0.1, -0.05) is 31.2 Å². The van der Waals surface area contributed by atoms with E-state index in [4.69, 9.17) is 0 Å². The minimum atomic E-state index is -0.922. The Balaban J connectivity index is 2.72. The summed E-state index contributed by atoms with van der Waals surface area (Å²) in [4.78, 5) is 24.3. The highest BCUT2D eigenvalue weighted by Gasteiger charge is 2.22. The summed E-state index contributed by atoms with van der Waals surface area (Å²) in [5.74, 6) is -1.74. The van der Waals surface area contributed by atoms with Crippen molar-refractivity contribution in [2.24, 2.45) is 5.92 Å². The Kier molecular flexibility index (Phi) is 5.55. The first kappa shape index (κ1) is 15.2. The maximum Gasteiger partial charge on any atom is 0.307 e. The minimum absolute atomic E-state index is 0.0395. The predicted octanol–water partition coefficient (Wildman–Crippen LogP) is 1.97. The van der Waals surface area contributed by atoms with E-state index in [-0.39, 0.29) is 12.3 Å². The third kappa shape index (κ3) is 4.73. The highest BCUT2D eigenvalue weighted by atomic mass is 16.4. The zero-order valence-corrected chi connectivity index (χ0v) is 11.7. The van der Waals surface area contributed by atoms with Gasteiger partial charge >= 0.3 is 5.97 Å². The fourth-order valence-corrected chi connectivity index (χ4v) is 1.84. The number of aliphatic carboxylic acids is 1. The van der Waals surface area contributed by atoms with Crippen molar-refractivity contribution in [2.45, 2.75) is 26.2 Å². The molecule has 1 unspecified atom stereocenters. The van der Waals surface area contributed by atoms with E-state index in [0.29, 0.717) is 6.42 Å². The molecule has 0 fully saturated rings. The number of hydrogen-bond donors (Lipinski definition) is 1. The molecule has 0 bridgehead atoms. The van der Waals surface area contributed by atoms with E-state index in [1.807, 2.05) is 24.3 Å². The summed E-state index contributed by atoms with van der Waals surface area (Å²) in [6.07, 6.45) is 1.39. The van der Waals surface area contributed by atoms with Gasteiger partial charge in [0, 0.05) is 20.5 Å². The molecular formula is C15H21NO3. The minimum Gasteiger partial charge on any atom is -0.481 e. The summed E-state index contributed by atoms with van der Waals surface area (Å²) >= 11 is 0. The third-order valence-electron chi connectivity index (χ3n) is 3.18. The number of aryl methyl sites for hydroxylation is 1. The molecule has 4 heteroatoms. The van der Waals surface area contributed by atoms with Crippen LogP contribution in [0.5, 0.6) is 0 Å². The standard InChI is InChI=1S/C15H21NO3/c1-4-11-5-7-12(8-6-11)9-13(15(18)19)10-14(17)16(2)3/h5-8,13H,4,9-10H2,1-3H3,(H,18,19). The average molecular weight is 263 g/mol. The van der Waals surface area contributed by atoms with Crippen LogP contribution in [-0.2, 0) is 22.4 Å². The van der Waals surface area contributed by atoms with Crippen LogP contribution >= 0.6 is 0 Å². The van der Waals surface area contributed by atoms with Gasteiger partial charge in [0.25, 0.3) is 0 Å². The molecule has 0 aliphatic rings. The highest BCUT2D eigenvalue weighted by Crippen LogP contribution is 2.15. The van der Waals surface area contributed by atoms with Crippen molar-refractivity contribution in [3.8, 4) is 0 Å². The molecule has 0 aliphatic heterocycles. The molecule has 104 valence electrons. The van der Waals surface area contributed by atoms with Crippen LogP contribution in [-0.4, -0.2) is 36.0 Å². The van der Waals surface area contributed by atoms with Gasteiger partial charge in [-0.15, -0.1) is 0 Å². The lowest BCUT2D eigenvalue weighted by molar-refractivity contribution is -0.145. The van der Waals surface area contributed by atoms with Gasteiger partial charge in [-0.3, -0.25) is 9.59 Å². The number of amides is 1. The average Bonchev–Trinajstić information content (AvgIpc) is 2.38. The van der Waals surface area contributed by atoms with Crippen LogP contribution in [0.25, 0.3) is 0 Å². The van der Waals surface area contributed by atoms with E-state index in [1.54, 1.807) is 14.1 Å². The van der Waals surface area contributed by atoms with E-state index in [0.717, 1.165) is 12.0 Å². The van der Waals surface area contributed by atoms with Gasteiger partial charge in [-0.2, -0.15) is 0 Å². The van der Waals surface area contributed by atoms with Gasteiger partial charge in [0.2, 0.25) is 5.91 Å². The second-order valence-corrected chi connectivity index (χ2v) is 4.90. The van der Waals surface area contributed by atoms with Crippen LogP contribution in [0.1, 0.15) is 24.5 Å². The number of carboxylic acid groups (broad SMARTS) is 1. The summed E-state index contributed by atoms with van der Waals surface area (Å²) in [7, 11) is 3.27. The summed E-state index contributed by atoms with van der Waals surface area (Å²) < 4.78 is 0. The zero-order valence-electron chi connectivity index (χ0n) is 11.7. The molecule has 1 aromatic rings. The smallest absolute Gasteiger partial charge is 0.307 e.